The predicted molar refractivity (Wildman–Crippen MR) is 98.8 cm³/mol. The lowest BCUT2D eigenvalue weighted by Crippen LogP contribution is -2.39. The highest BCUT2D eigenvalue weighted by molar-refractivity contribution is 6.40. The number of rotatable bonds is 6. The van der Waals surface area contributed by atoms with Crippen molar-refractivity contribution in [1.29, 1.82) is 0 Å². The summed E-state index contributed by atoms with van der Waals surface area (Å²) in [7, 11) is 1.59. The Morgan fingerprint density at radius 3 is 2.69 bits per heavy atom. The van der Waals surface area contributed by atoms with E-state index in [2.05, 4.69) is 10.4 Å². The van der Waals surface area contributed by atoms with E-state index in [1.165, 1.54) is 5.01 Å². The Hall–Kier alpha value is -3.35. The number of carbonyl (C=O) groups is 2. The molecule has 1 atom stereocenters. The van der Waals surface area contributed by atoms with Gasteiger partial charge in [-0.2, -0.15) is 5.10 Å². The molecule has 2 aromatic rings. The van der Waals surface area contributed by atoms with Crippen LogP contribution in [-0.2, 0) is 16.1 Å². The topological polar surface area (TPSA) is 97.0 Å². The largest absolute Gasteiger partial charge is 0.497 e. The van der Waals surface area contributed by atoms with Crippen molar-refractivity contribution in [3.05, 3.63) is 60.2 Å². The molecule has 1 heterocycles. The number of nitrogens with one attached hydrogen (secondary N) is 1. The zero-order valence-electron chi connectivity index (χ0n) is 14.4. The number of hydrazone groups is 1. The summed E-state index contributed by atoms with van der Waals surface area (Å²) in [5.41, 5.74) is 7.38. The first kappa shape index (κ1) is 17.5. The summed E-state index contributed by atoms with van der Waals surface area (Å²) in [6.07, 6.45) is 0.175. The predicted octanol–water partition coefficient (Wildman–Crippen LogP) is 1.43. The van der Waals surface area contributed by atoms with Crippen molar-refractivity contribution in [2.75, 3.05) is 12.1 Å². The summed E-state index contributed by atoms with van der Waals surface area (Å²) >= 11 is 0. The van der Waals surface area contributed by atoms with E-state index < -0.39 is 11.9 Å². The number of benzene rings is 2. The van der Waals surface area contributed by atoms with Crippen LogP contribution in [0.2, 0.25) is 0 Å². The number of hydrogen-bond donors (Lipinski definition) is 2. The third-order valence-corrected chi connectivity index (χ3v) is 4.11. The fourth-order valence-electron chi connectivity index (χ4n) is 2.75. The number of primary amides is 1. The molecule has 3 N–H and O–H groups in total. The number of anilines is 1. The van der Waals surface area contributed by atoms with Gasteiger partial charge in [0.05, 0.1) is 12.8 Å². The van der Waals surface area contributed by atoms with Gasteiger partial charge >= 0.3 is 0 Å². The van der Waals surface area contributed by atoms with Crippen LogP contribution in [0, 0.1) is 0 Å². The van der Waals surface area contributed by atoms with Gasteiger partial charge in [-0.15, -0.1) is 0 Å². The van der Waals surface area contributed by atoms with Gasteiger partial charge in [0.15, 0.2) is 0 Å². The highest BCUT2D eigenvalue weighted by Gasteiger charge is 2.34. The first-order valence-electron chi connectivity index (χ1n) is 8.20. The van der Waals surface area contributed by atoms with Crippen LogP contribution < -0.4 is 20.8 Å². The SMILES string of the molecule is COc1cccc(CNC(=O)C2=NN(c3ccccc3)C(C(N)=O)C2)c1. The zero-order valence-corrected chi connectivity index (χ0v) is 14.4. The molecule has 0 radical (unpaired) electrons. The molecule has 2 aromatic carbocycles. The summed E-state index contributed by atoms with van der Waals surface area (Å²) in [5.74, 6) is -0.121. The second kappa shape index (κ2) is 7.69. The van der Waals surface area contributed by atoms with E-state index >= 15 is 0 Å². The second-order valence-corrected chi connectivity index (χ2v) is 5.88. The molecule has 134 valence electrons. The van der Waals surface area contributed by atoms with Gasteiger partial charge in [-0.05, 0) is 29.8 Å². The van der Waals surface area contributed by atoms with Crippen LogP contribution in [0.1, 0.15) is 12.0 Å². The molecule has 26 heavy (non-hydrogen) atoms. The molecule has 7 heteroatoms. The molecule has 1 aliphatic heterocycles. The van der Waals surface area contributed by atoms with E-state index in [-0.39, 0.29) is 18.0 Å². The number of nitrogens with zero attached hydrogens (tertiary/aromatic N) is 2. The van der Waals surface area contributed by atoms with Crippen LogP contribution >= 0.6 is 0 Å². The highest BCUT2D eigenvalue weighted by Crippen LogP contribution is 2.24. The molecule has 7 nitrogen and oxygen atoms in total. The van der Waals surface area contributed by atoms with Crippen LogP contribution in [0.15, 0.2) is 59.7 Å². The molecule has 0 aliphatic carbocycles. The number of methoxy groups -OCH3 is 1. The number of hydrogen-bond acceptors (Lipinski definition) is 5. The summed E-state index contributed by atoms with van der Waals surface area (Å²) in [6.45, 7) is 0.335. The van der Waals surface area contributed by atoms with Gasteiger partial charge in [-0.3, -0.25) is 14.6 Å². The van der Waals surface area contributed by atoms with Crippen molar-refractivity contribution in [1.82, 2.24) is 5.32 Å². The van der Waals surface area contributed by atoms with E-state index in [1.807, 2.05) is 54.6 Å². The lowest BCUT2D eigenvalue weighted by atomic mass is 10.1. The maximum absolute atomic E-state index is 12.5. The first-order chi connectivity index (χ1) is 12.6. The van der Waals surface area contributed by atoms with Crippen molar-refractivity contribution in [2.24, 2.45) is 10.8 Å². The molecule has 2 amide bonds. The maximum Gasteiger partial charge on any atom is 0.267 e. The Kier molecular flexibility index (Phi) is 5.17. The molecule has 0 saturated carbocycles. The minimum Gasteiger partial charge on any atom is -0.497 e. The number of nitrogens with two attached hydrogens (primary N) is 1. The molecule has 1 aliphatic rings. The Balaban J connectivity index is 1.71. The zero-order chi connectivity index (χ0) is 18.5. The van der Waals surface area contributed by atoms with E-state index in [0.29, 0.717) is 12.2 Å². The Bertz CT molecular complexity index is 836. The normalized spacial score (nSPS) is 16.1. The van der Waals surface area contributed by atoms with Crippen molar-refractivity contribution in [3.8, 4) is 5.75 Å². The molecule has 0 fully saturated rings. The van der Waals surface area contributed by atoms with Crippen LogP contribution in [0.4, 0.5) is 5.69 Å². The minimum absolute atomic E-state index is 0.175. The van der Waals surface area contributed by atoms with Gasteiger partial charge in [-0.25, -0.2) is 0 Å². The molecule has 0 aromatic heterocycles. The minimum atomic E-state index is -0.671. The van der Waals surface area contributed by atoms with E-state index in [0.717, 1.165) is 11.3 Å². The van der Waals surface area contributed by atoms with Gasteiger partial charge < -0.3 is 15.8 Å². The van der Waals surface area contributed by atoms with Gasteiger partial charge in [0, 0.05) is 13.0 Å². The third-order valence-electron chi connectivity index (χ3n) is 4.11. The van der Waals surface area contributed by atoms with E-state index in [4.69, 9.17) is 10.5 Å². The smallest absolute Gasteiger partial charge is 0.267 e. The standard InChI is InChI=1S/C19H20N4O3/c1-26-15-9-5-6-13(10-15)12-21-19(25)16-11-17(18(20)24)23(22-16)14-7-3-2-4-8-14/h2-10,17H,11-12H2,1H3,(H2,20,24)(H,21,25). The lowest BCUT2D eigenvalue weighted by molar-refractivity contribution is -0.119. The van der Waals surface area contributed by atoms with Gasteiger partial charge in [0.25, 0.3) is 5.91 Å². The van der Waals surface area contributed by atoms with Gasteiger partial charge in [0.2, 0.25) is 5.91 Å². The summed E-state index contributed by atoms with van der Waals surface area (Å²) < 4.78 is 5.17. The van der Waals surface area contributed by atoms with Gasteiger partial charge in [0.1, 0.15) is 17.5 Å². The number of carbonyl (C=O) groups excluding carboxylic acids is 2. The number of amides is 2. The molecule has 0 bridgehead atoms. The van der Waals surface area contributed by atoms with E-state index in [1.54, 1.807) is 7.11 Å². The average molecular weight is 352 g/mol. The first-order valence-corrected chi connectivity index (χ1v) is 8.20. The number of para-hydroxylation sites is 1. The highest BCUT2D eigenvalue weighted by atomic mass is 16.5. The van der Waals surface area contributed by atoms with Crippen molar-refractivity contribution in [2.45, 2.75) is 19.0 Å². The van der Waals surface area contributed by atoms with Crippen molar-refractivity contribution in [3.63, 3.8) is 0 Å². The molecule has 1 unspecified atom stereocenters. The Labute approximate surface area is 151 Å². The van der Waals surface area contributed by atoms with Crippen molar-refractivity contribution < 1.29 is 14.3 Å². The molecule has 0 saturated heterocycles. The lowest BCUT2D eigenvalue weighted by Gasteiger charge is -2.20. The Morgan fingerprint density at radius 1 is 1.23 bits per heavy atom. The molecule has 3 rings (SSSR count). The average Bonchev–Trinajstić information content (AvgIpc) is 3.13. The quantitative estimate of drug-likeness (QED) is 0.822. The van der Waals surface area contributed by atoms with Crippen LogP contribution in [-0.4, -0.2) is 30.7 Å². The molecule has 0 spiro atoms. The van der Waals surface area contributed by atoms with Crippen molar-refractivity contribution >= 4 is 23.2 Å². The van der Waals surface area contributed by atoms with Crippen LogP contribution in [0.5, 0.6) is 5.75 Å². The van der Waals surface area contributed by atoms with E-state index in [9.17, 15) is 9.59 Å². The Morgan fingerprint density at radius 2 is 2.00 bits per heavy atom. The third kappa shape index (κ3) is 3.83. The fourth-order valence-corrected chi connectivity index (χ4v) is 2.75. The second-order valence-electron chi connectivity index (χ2n) is 5.88. The number of ether oxygens (including phenoxy) is 1. The van der Waals surface area contributed by atoms with Gasteiger partial charge in [-0.1, -0.05) is 30.3 Å². The fraction of sp³-hybridized carbons (Fsp3) is 0.211. The summed E-state index contributed by atoms with van der Waals surface area (Å²) in [4.78, 5) is 24.2. The molecular weight excluding hydrogens is 332 g/mol. The summed E-state index contributed by atoms with van der Waals surface area (Å²) in [5, 5.41) is 8.64. The monoisotopic (exact) mass is 352 g/mol. The summed E-state index contributed by atoms with van der Waals surface area (Å²) in [6, 6.07) is 15.9. The van der Waals surface area contributed by atoms with Crippen LogP contribution in [0.3, 0.4) is 0 Å². The molecular formula is C19H20N4O3. The maximum atomic E-state index is 12.5. The van der Waals surface area contributed by atoms with Crippen LogP contribution in [0.25, 0.3) is 0 Å².